The molecule has 0 aliphatic carbocycles. The van der Waals surface area contributed by atoms with Gasteiger partial charge in [0.05, 0.1) is 0 Å². The maximum atomic E-state index is 11.6. The van der Waals surface area contributed by atoms with E-state index in [4.69, 9.17) is 0 Å². The van der Waals surface area contributed by atoms with Crippen LogP contribution in [0.5, 0.6) is 0 Å². The largest absolute Gasteiger partial charge is 0.356 e. The van der Waals surface area contributed by atoms with Crippen molar-refractivity contribution < 1.29 is 4.79 Å². The summed E-state index contributed by atoms with van der Waals surface area (Å²) in [7, 11) is 2.19. The molecule has 1 aliphatic rings. The molecule has 0 radical (unpaired) electrons. The molecule has 1 fully saturated rings. The predicted octanol–water partition coefficient (Wildman–Crippen LogP) is 2.14. The number of amides is 1. The highest BCUT2D eigenvalue weighted by Crippen LogP contribution is 2.24. The molecule has 1 amide bonds. The van der Waals surface area contributed by atoms with Gasteiger partial charge in [0, 0.05) is 44.7 Å². The van der Waals surface area contributed by atoms with Gasteiger partial charge in [0.25, 0.3) is 0 Å². The SMILES string of the molecule is CC(C)C(=O)NCCCN1CCN(C)C[C@H]1c1ccccc1. The molecule has 0 aromatic heterocycles. The second kappa shape index (κ2) is 8.30. The summed E-state index contributed by atoms with van der Waals surface area (Å²) in [6, 6.07) is 11.2. The number of nitrogens with zero attached hydrogens (tertiary/aromatic N) is 2. The van der Waals surface area contributed by atoms with Crippen LogP contribution in [0.4, 0.5) is 0 Å². The molecule has 0 spiro atoms. The van der Waals surface area contributed by atoms with Crippen molar-refractivity contribution in [3.05, 3.63) is 35.9 Å². The summed E-state index contributed by atoms with van der Waals surface area (Å²) in [5.74, 6) is 0.221. The van der Waals surface area contributed by atoms with E-state index in [2.05, 4.69) is 52.5 Å². The number of nitrogens with one attached hydrogen (secondary N) is 1. The van der Waals surface area contributed by atoms with Gasteiger partial charge in [-0.25, -0.2) is 0 Å². The zero-order valence-electron chi connectivity index (χ0n) is 14.1. The van der Waals surface area contributed by atoms with Crippen molar-refractivity contribution >= 4 is 5.91 Å². The molecule has 2 rings (SSSR count). The molecule has 1 heterocycles. The van der Waals surface area contributed by atoms with Gasteiger partial charge in [0.1, 0.15) is 0 Å². The highest BCUT2D eigenvalue weighted by atomic mass is 16.1. The summed E-state index contributed by atoms with van der Waals surface area (Å²) >= 11 is 0. The van der Waals surface area contributed by atoms with E-state index in [-0.39, 0.29) is 11.8 Å². The Labute approximate surface area is 134 Å². The maximum Gasteiger partial charge on any atom is 0.222 e. The first-order valence-corrected chi connectivity index (χ1v) is 8.33. The summed E-state index contributed by atoms with van der Waals surface area (Å²) in [5.41, 5.74) is 1.39. The van der Waals surface area contributed by atoms with E-state index in [1.54, 1.807) is 0 Å². The topological polar surface area (TPSA) is 35.6 Å². The number of carbonyl (C=O) groups excluding carboxylic acids is 1. The quantitative estimate of drug-likeness (QED) is 0.818. The Morgan fingerprint density at radius 3 is 2.68 bits per heavy atom. The van der Waals surface area contributed by atoms with Crippen molar-refractivity contribution in [2.24, 2.45) is 5.92 Å². The lowest BCUT2D eigenvalue weighted by molar-refractivity contribution is -0.124. The van der Waals surface area contributed by atoms with Crippen LogP contribution >= 0.6 is 0 Å². The average Bonchev–Trinajstić information content (AvgIpc) is 2.53. The minimum Gasteiger partial charge on any atom is -0.356 e. The van der Waals surface area contributed by atoms with E-state index in [0.717, 1.165) is 39.1 Å². The fraction of sp³-hybridized carbons (Fsp3) is 0.611. The van der Waals surface area contributed by atoms with Crippen LogP contribution in [0, 0.1) is 5.92 Å². The number of hydrogen-bond acceptors (Lipinski definition) is 3. The van der Waals surface area contributed by atoms with Crippen molar-refractivity contribution in [1.29, 1.82) is 0 Å². The van der Waals surface area contributed by atoms with Crippen LogP contribution in [0.15, 0.2) is 30.3 Å². The van der Waals surface area contributed by atoms with E-state index in [1.165, 1.54) is 5.56 Å². The Morgan fingerprint density at radius 2 is 2.00 bits per heavy atom. The minimum atomic E-state index is 0.0701. The van der Waals surface area contributed by atoms with Gasteiger partial charge in [-0.1, -0.05) is 44.2 Å². The number of likely N-dealkylation sites (N-methyl/N-ethyl adjacent to an activating group) is 1. The van der Waals surface area contributed by atoms with Crippen molar-refractivity contribution in [3.63, 3.8) is 0 Å². The fourth-order valence-electron chi connectivity index (χ4n) is 2.91. The Bertz CT molecular complexity index is 461. The Morgan fingerprint density at radius 1 is 1.27 bits per heavy atom. The number of carbonyl (C=O) groups is 1. The lowest BCUT2D eigenvalue weighted by Gasteiger charge is -2.40. The van der Waals surface area contributed by atoms with E-state index in [0.29, 0.717) is 6.04 Å². The lowest BCUT2D eigenvalue weighted by Crippen LogP contribution is -2.47. The predicted molar refractivity (Wildman–Crippen MR) is 90.7 cm³/mol. The molecule has 4 nitrogen and oxygen atoms in total. The first kappa shape index (κ1) is 17.0. The van der Waals surface area contributed by atoms with Crippen LogP contribution in [-0.4, -0.2) is 55.5 Å². The number of piperazine rings is 1. The summed E-state index contributed by atoms with van der Waals surface area (Å²) in [6.07, 6.45) is 1.01. The summed E-state index contributed by atoms with van der Waals surface area (Å²) in [4.78, 5) is 16.5. The number of benzene rings is 1. The molecule has 1 N–H and O–H groups in total. The zero-order valence-corrected chi connectivity index (χ0v) is 14.1. The molecular formula is C18H29N3O. The third kappa shape index (κ3) is 4.82. The average molecular weight is 303 g/mol. The zero-order chi connectivity index (χ0) is 15.9. The van der Waals surface area contributed by atoms with E-state index in [9.17, 15) is 4.79 Å². The standard InChI is InChI=1S/C18H29N3O/c1-15(2)18(22)19-10-7-11-21-13-12-20(3)14-17(21)16-8-5-4-6-9-16/h4-6,8-9,15,17H,7,10-14H2,1-3H3,(H,19,22)/t17-/m0/s1. The van der Waals surface area contributed by atoms with Gasteiger partial charge in [0.2, 0.25) is 5.91 Å². The van der Waals surface area contributed by atoms with Gasteiger partial charge in [-0.2, -0.15) is 0 Å². The monoisotopic (exact) mass is 303 g/mol. The van der Waals surface area contributed by atoms with Gasteiger partial charge < -0.3 is 10.2 Å². The van der Waals surface area contributed by atoms with Crippen LogP contribution in [0.25, 0.3) is 0 Å². The first-order valence-electron chi connectivity index (χ1n) is 8.33. The highest BCUT2D eigenvalue weighted by Gasteiger charge is 2.25. The van der Waals surface area contributed by atoms with Crippen LogP contribution in [0.1, 0.15) is 31.9 Å². The third-order valence-electron chi connectivity index (χ3n) is 4.32. The Kier molecular flexibility index (Phi) is 6.40. The van der Waals surface area contributed by atoms with E-state index in [1.807, 2.05) is 13.8 Å². The van der Waals surface area contributed by atoms with Crippen LogP contribution < -0.4 is 5.32 Å². The molecule has 0 unspecified atom stereocenters. The fourth-order valence-corrected chi connectivity index (χ4v) is 2.91. The first-order chi connectivity index (χ1) is 10.6. The van der Waals surface area contributed by atoms with Gasteiger partial charge in [-0.3, -0.25) is 9.69 Å². The molecule has 0 saturated carbocycles. The van der Waals surface area contributed by atoms with Crippen molar-refractivity contribution in [2.75, 3.05) is 39.8 Å². The van der Waals surface area contributed by atoms with Gasteiger partial charge in [0.15, 0.2) is 0 Å². The van der Waals surface area contributed by atoms with E-state index < -0.39 is 0 Å². The third-order valence-corrected chi connectivity index (χ3v) is 4.32. The smallest absolute Gasteiger partial charge is 0.222 e. The molecule has 4 heteroatoms. The normalized spacial score (nSPS) is 20.3. The van der Waals surface area contributed by atoms with Gasteiger partial charge >= 0.3 is 0 Å². The number of hydrogen-bond donors (Lipinski definition) is 1. The second-order valence-corrected chi connectivity index (χ2v) is 6.52. The van der Waals surface area contributed by atoms with Gasteiger partial charge in [-0.15, -0.1) is 0 Å². The molecular weight excluding hydrogens is 274 g/mol. The molecule has 122 valence electrons. The summed E-state index contributed by atoms with van der Waals surface area (Å²) < 4.78 is 0. The van der Waals surface area contributed by atoms with Crippen molar-refractivity contribution in [2.45, 2.75) is 26.3 Å². The van der Waals surface area contributed by atoms with Crippen LogP contribution in [-0.2, 0) is 4.79 Å². The van der Waals surface area contributed by atoms with Gasteiger partial charge in [-0.05, 0) is 19.0 Å². The molecule has 1 saturated heterocycles. The van der Waals surface area contributed by atoms with Crippen LogP contribution in [0.3, 0.4) is 0 Å². The molecule has 22 heavy (non-hydrogen) atoms. The summed E-state index contributed by atoms with van der Waals surface area (Å²) in [6.45, 7) is 8.94. The van der Waals surface area contributed by atoms with E-state index >= 15 is 0 Å². The highest BCUT2D eigenvalue weighted by molar-refractivity contribution is 5.77. The maximum absolute atomic E-state index is 11.6. The summed E-state index contributed by atoms with van der Waals surface area (Å²) in [5, 5.41) is 3.01. The molecule has 0 bridgehead atoms. The number of rotatable bonds is 6. The molecule has 1 atom stereocenters. The Balaban J connectivity index is 1.86. The molecule has 1 aliphatic heterocycles. The second-order valence-electron chi connectivity index (χ2n) is 6.52. The molecule has 1 aromatic rings. The Hall–Kier alpha value is -1.39. The van der Waals surface area contributed by atoms with Crippen molar-refractivity contribution in [3.8, 4) is 0 Å². The molecule has 1 aromatic carbocycles. The van der Waals surface area contributed by atoms with Crippen LogP contribution in [0.2, 0.25) is 0 Å². The lowest BCUT2D eigenvalue weighted by atomic mass is 10.0. The van der Waals surface area contributed by atoms with Crippen molar-refractivity contribution in [1.82, 2.24) is 15.1 Å². The minimum absolute atomic E-state index is 0.0701.